The van der Waals surface area contributed by atoms with Crippen LogP contribution in [0.3, 0.4) is 0 Å². The van der Waals surface area contributed by atoms with Crippen molar-refractivity contribution in [2.75, 3.05) is 13.7 Å². The lowest BCUT2D eigenvalue weighted by molar-refractivity contribution is -0.167. The van der Waals surface area contributed by atoms with Crippen LogP contribution in [0.1, 0.15) is 44.3 Å². The average Bonchev–Trinajstić information content (AvgIpc) is 3.25. The van der Waals surface area contributed by atoms with Crippen molar-refractivity contribution in [1.82, 2.24) is 14.6 Å². The van der Waals surface area contributed by atoms with E-state index in [-0.39, 0.29) is 16.0 Å². The molecule has 2 N–H and O–H groups in total. The predicted molar refractivity (Wildman–Crippen MR) is 152 cm³/mol. The molecule has 0 aliphatic heterocycles. The minimum Gasteiger partial charge on any atom is -0.496 e. The monoisotopic (exact) mass is 601 g/mol. The number of aryl methyl sites for hydroxylation is 2. The van der Waals surface area contributed by atoms with E-state index in [0.29, 0.717) is 23.3 Å². The number of aromatic nitrogens is 1. The molecule has 1 heterocycles. The molecule has 1 aromatic heterocycles. The zero-order valence-electron chi connectivity index (χ0n) is 23.4. The first kappa shape index (κ1) is 30.6. The maximum atomic E-state index is 12.9. The highest BCUT2D eigenvalue weighted by molar-refractivity contribution is 7.90. The number of hydrogen-bond acceptors (Lipinski definition) is 5. The fourth-order valence-corrected chi connectivity index (χ4v) is 5.77. The summed E-state index contributed by atoms with van der Waals surface area (Å²) in [5.41, 5.74) is 3.11. The first-order valence-corrected chi connectivity index (χ1v) is 14.4. The molecule has 0 unspecified atom stereocenters. The summed E-state index contributed by atoms with van der Waals surface area (Å²) < 4.78 is 73.6. The molecule has 1 atom stereocenters. The number of nitrogens with zero attached hydrogens (tertiary/aromatic N) is 1. The second kappa shape index (κ2) is 11.9. The smallest absolute Gasteiger partial charge is 0.393 e. The van der Waals surface area contributed by atoms with Crippen molar-refractivity contribution in [3.8, 4) is 5.75 Å². The first-order chi connectivity index (χ1) is 19.7. The van der Waals surface area contributed by atoms with E-state index < -0.39 is 40.5 Å². The molecule has 0 fully saturated rings. The SMILES string of the molecule is COc1cc(C(=O)NS(=O)(=O)c2ccccc2C)ccc1Cc1cn(C)c2ccc(C(=O)NC[C@H](C)C(F)(F)F)cc12. The van der Waals surface area contributed by atoms with Gasteiger partial charge in [-0.1, -0.05) is 31.2 Å². The van der Waals surface area contributed by atoms with Crippen molar-refractivity contribution in [3.63, 3.8) is 0 Å². The van der Waals surface area contributed by atoms with Crippen molar-refractivity contribution >= 4 is 32.7 Å². The maximum absolute atomic E-state index is 12.9. The van der Waals surface area contributed by atoms with Crippen LogP contribution in [0.25, 0.3) is 10.9 Å². The number of fused-ring (bicyclic) bond motifs is 1. The van der Waals surface area contributed by atoms with E-state index in [2.05, 4.69) is 10.0 Å². The minimum absolute atomic E-state index is 0.000746. The van der Waals surface area contributed by atoms with Crippen LogP contribution in [0.2, 0.25) is 0 Å². The Bertz CT molecular complexity index is 1760. The Balaban J connectivity index is 1.57. The third-order valence-corrected chi connectivity index (χ3v) is 8.49. The number of carbonyl (C=O) groups is 2. The van der Waals surface area contributed by atoms with Gasteiger partial charge in [0, 0.05) is 48.2 Å². The Hall–Kier alpha value is -4.32. The summed E-state index contributed by atoms with van der Waals surface area (Å²) in [6.07, 6.45) is -2.21. The van der Waals surface area contributed by atoms with Crippen LogP contribution in [0, 0.1) is 12.8 Å². The number of carbonyl (C=O) groups excluding carboxylic acids is 2. The van der Waals surface area contributed by atoms with Gasteiger partial charge in [-0.15, -0.1) is 0 Å². The molecule has 0 aliphatic rings. The molecule has 2 amide bonds. The first-order valence-electron chi connectivity index (χ1n) is 12.9. The minimum atomic E-state index is -4.41. The largest absolute Gasteiger partial charge is 0.496 e. The van der Waals surface area contributed by atoms with Gasteiger partial charge >= 0.3 is 6.18 Å². The molecule has 4 rings (SSSR count). The Morgan fingerprint density at radius 2 is 1.64 bits per heavy atom. The van der Waals surface area contributed by atoms with Crippen molar-refractivity contribution in [1.29, 1.82) is 0 Å². The fraction of sp³-hybridized carbons (Fsp3) is 0.267. The standard InChI is InChI=1S/C30H30F3N3O5S/c1-18-7-5-6-8-27(18)42(39,40)35-29(38)22-10-9-20(26(15-22)41-4)13-23-17-36(3)25-12-11-21(14-24(23)25)28(37)34-16-19(2)30(31,32)33/h5-12,14-15,17,19H,13,16H2,1-4H3,(H,34,37)(H,35,38)/t19-/m0/s1. The molecule has 0 bridgehead atoms. The topological polar surface area (TPSA) is 106 Å². The van der Waals surface area contributed by atoms with E-state index in [1.165, 1.54) is 25.3 Å². The summed E-state index contributed by atoms with van der Waals surface area (Å²) in [6.45, 7) is 2.10. The number of halogens is 3. The predicted octanol–water partition coefficient (Wildman–Crippen LogP) is 5.13. The summed E-state index contributed by atoms with van der Waals surface area (Å²) in [6, 6.07) is 15.8. The lowest BCUT2D eigenvalue weighted by Gasteiger charge is -2.16. The second-order valence-corrected chi connectivity index (χ2v) is 11.7. The van der Waals surface area contributed by atoms with Gasteiger partial charge in [0.2, 0.25) is 0 Å². The Morgan fingerprint density at radius 1 is 0.976 bits per heavy atom. The third kappa shape index (κ3) is 6.59. The van der Waals surface area contributed by atoms with Crippen LogP contribution < -0.4 is 14.8 Å². The number of ether oxygens (including phenoxy) is 1. The van der Waals surface area contributed by atoms with Gasteiger partial charge in [0.05, 0.1) is 17.9 Å². The van der Waals surface area contributed by atoms with E-state index in [9.17, 15) is 31.2 Å². The molecule has 3 aromatic carbocycles. The van der Waals surface area contributed by atoms with Gasteiger partial charge in [-0.25, -0.2) is 13.1 Å². The number of benzene rings is 3. The van der Waals surface area contributed by atoms with E-state index in [1.54, 1.807) is 49.4 Å². The third-order valence-electron chi connectivity index (χ3n) is 7.00. The quantitative estimate of drug-likeness (QED) is 0.277. The number of rotatable bonds is 9. The van der Waals surface area contributed by atoms with Gasteiger partial charge in [-0.05, 0) is 60.0 Å². The number of methoxy groups -OCH3 is 1. The van der Waals surface area contributed by atoms with Crippen LogP contribution in [0.5, 0.6) is 5.75 Å². The van der Waals surface area contributed by atoms with Gasteiger partial charge in [-0.3, -0.25) is 9.59 Å². The average molecular weight is 602 g/mol. The lowest BCUT2D eigenvalue weighted by Crippen LogP contribution is -2.34. The van der Waals surface area contributed by atoms with Crippen molar-refractivity contribution in [3.05, 3.63) is 94.7 Å². The summed E-state index contributed by atoms with van der Waals surface area (Å²) in [5, 5.41) is 3.07. The van der Waals surface area contributed by atoms with E-state index in [4.69, 9.17) is 4.74 Å². The highest BCUT2D eigenvalue weighted by atomic mass is 32.2. The van der Waals surface area contributed by atoms with Crippen molar-refractivity contribution in [2.24, 2.45) is 13.0 Å². The number of hydrogen-bond donors (Lipinski definition) is 2. The van der Waals surface area contributed by atoms with Gasteiger partial charge < -0.3 is 14.6 Å². The normalized spacial score (nSPS) is 12.6. The molecule has 0 radical (unpaired) electrons. The molecule has 222 valence electrons. The zero-order valence-corrected chi connectivity index (χ0v) is 24.2. The second-order valence-electron chi connectivity index (χ2n) is 10.1. The van der Waals surface area contributed by atoms with Crippen LogP contribution in [0.15, 0.2) is 71.8 Å². The molecule has 4 aromatic rings. The molecule has 0 saturated carbocycles. The van der Waals surface area contributed by atoms with E-state index in [1.807, 2.05) is 17.8 Å². The molecule has 42 heavy (non-hydrogen) atoms. The zero-order chi connectivity index (χ0) is 30.8. The maximum Gasteiger partial charge on any atom is 0.393 e. The van der Waals surface area contributed by atoms with Gasteiger partial charge in [0.1, 0.15) is 5.75 Å². The molecule has 0 spiro atoms. The van der Waals surface area contributed by atoms with Crippen molar-refractivity contribution in [2.45, 2.75) is 31.3 Å². The Kier molecular flexibility index (Phi) is 8.67. The summed E-state index contributed by atoms with van der Waals surface area (Å²) in [4.78, 5) is 25.5. The van der Waals surface area contributed by atoms with Crippen LogP contribution in [-0.2, 0) is 23.5 Å². The molecular weight excluding hydrogens is 571 g/mol. The summed E-state index contributed by atoms with van der Waals surface area (Å²) >= 11 is 0. The van der Waals surface area contributed by atoms with E-state index >= 15 is 0 Å². The van der Waals surface area contributed by atoms with Crippen molar-refractivity contribution < 1.29 is 35.9 Å². The Labute approximate surface area is 241 Å². The van der Waals surface area contributed by atoms with Gasteiger partial charge in [0.15, 0.2) is 0 Å². The molecule has 0 saturated heterocycles. The Morgan fingerprint density at radius 3 is 2.31 bits per heavy atom. The number of amides is 2. The summed E-state index contributed by atoms with van der Waals surface area (Å²) in [5.74, 6) is -2.76. The van der Waals surface area contributed by atoms with Crippen LogP contribution in [0.4, 0.5) is 13.2 Å². The summed E-state index contributed by atoms with van der Waals surface area (Å²) in [7, 11) is -0.839. The highest BCUT2D eigenvalue weighted by Crippen LogP contribution is 2.29. The highest BCUT2D eigenvalue weighted by Gasteiger charge is 2.36. The number of nitrogens with one attached hydrogen (secondary N) is 2. The molecular formula is C30H30F3N3O5S. The molecule has 12 heteroatoms. The molecule has 0 aliphatic carbocycles. The lowest BCUT2D eigenvalue weighted by atomic mass is 10.0. The van der Waals surface area contributed by atoms with Gasteiger partial charge in [0.25, 0.3) is 21.8 Å². The fourth-order valence-electron chi connectivity index (χ4n) is 4.55. The van der Waals surface area contributed by atoms with Crippen LogP contribution >= 0.6 is 0 Å². The molecule has 8 nitrogen and oxygen atoms in total. The van der Waals surface area contributed by atoms with E-state index in [0.717, 1.165) is 23.4 Å². The van der Waals surface area contributed by atoms with Crippen LogP contribution in [-0.4, -0.2) is 44.6 Å². The number of alkyl halides is 3. The van der Waals surface area contributed by atoms with Gasteiger partial charge in [-0.2, -0.15) is 13.2 Å². The number of sulfonamides is 1.